The Kier molecular flexibility index (Phi) is 5.92. The van der Waals surface area contributed by atoms with Crippen molar-refractivity contribution in [3.63, 3.8) is 0 Å². The minimum atomic E-state index is -0.491. The number of nitrogens with zero attached hydrogens (tertiary/aromatic N) is 2. The maximum Gasteiger partial charge on any atom is 0.217 e. The number of hydrogen-bond acceptors (Lipinski definition) is 7. The Morgan fingerprint density at radius 1 is 0.882 bits per heavy atom. The van der Waals surface area contributed by atoms with Gasteiger partial charge < -0.3 is 23.7 Å². The Labute approximate surface area is 199 Å². The van der Waals surface area contributed by atoms with Gasteiger partial charge in [-0.1, -0.05) is 18.2 Å². The highest BCUT2D eigenvalue weighted by Gasteiger charge is 2.42. The second-order valence-electron chi connectivity index (χ2n) is 8.06. The summed E-state index contributed by atoms with van der Waals surface area (Å²) < 4.78 is 28.9. The van der Waals surface area contributed by atoms with Crippen molar-refractivity contribution < 1.29 is 23.7 Å². The van der Waals surface area contributed by atoms with Gasteiger partial charge in [-0.25, -0.2) is 5.01 Å². The Balaban J connectivity index is 1.58. The van der Waals surface area contributed by atoms with E-state index in [1.807, 2.05) is 54.4 Å². The Morgan fingerprint density at radius 2 is 1.59 bits per heavy atom. The zero-order valence-electron chi connectivity index (χ0n) is 19.8. The Bertz CT molecular complexity index is 1210. The number of benzene rings is 3. The quantitative estimate of drug-likeness (QED) is 0.474. The fourth-order valence-electron chi connectivity index (χ4n) is 4.57. The summed E-state index contributed by atoms with van der Waals surface area (Å²) >= 11 is 0. The molecule has 2 aliphatic rings. The van der Waals surface area contributed by atoms with Gasteiger partial charge in [0.05, 0.1) is 45.3 Å². The molecule has 7 nitrogen and oxygen atoms in total. The molecule has 0 saturated carbocycles. The molecule has 5 rings (SSSR count). The molecule has 0 aliphatic carbocycles. The first kappa shape index (κ1) is 21.9. The molecule has 34 heavy (non-hydrogen) atoms. The maximum absolute atomic E-state index is 6.51. The first-order valence-corrected chi connectivity index (χ1v) is 11.3. The Morgan fingerprint density at radius 3 is 2.29 bits per heavy atom. The van der Waals surface area contributed by atoms with Crippen molar-refractivity contribution in [3.05, 3.63) is 77.4 Å². The monoisotopic (exact) mass is 460 g/mol. The number of rotatable bonds is 7. The van der Waals surface area contributed by atoms with Crippen LogP contribution in [-0.2, 0) is 0 Å². The molecule has 0 amide bonds. The first-order valence-electron chi connectivity index (χ1n) is 11.3. The molecule has 3 aromatic carbocycles. The molecule has 0 radical (unpaired) electrons. The molecule has 2 aliphatic heterocycles. The zero-order valence-corrected chi connectivity index (χ0v) is 19.8. The van der Waals surface area contributed by atoms with Gasteiger partial charge in [-0.3, -0.25) is 0 Å². The normalized spacial score (nSPS) is 18.4. The summed E-state index contributed by atoms with van der Waals surface area (Å²) in [6.45, 7) is 2.62. The number of para-hydroxylation sites is 1. The highest BCUT2D eigenvalue weighted by Crippen LogP contribution is 2.50. The van der Waals surface area contributed by atoms with E-state index in [9.17, 15) is 0 Å². The van der Waals surface area contributed by atoms with E-state index in [0.29, 0.717) is 23.9 Å². The Hall–Kier alpha value is -3.87. The van der Waals surface area contributed by atoms with E-state index >= 15 is 0 Å². The summed E-state index contributed by atoms with van der Waals surface area (Å²) in [7, 11) is 4.86. The highest BCUT2D eigenvalue weighted by molar-refractivity contribution is 6.02. The molecule has 3 aromatic rings. The standard InChI is InChI=1S/C27H28N2O5/c1-5-33-18-12-10-17(11-13-18)21-15-22-19-8-6-7-9-23(19)34-27(29(22)28-21)20-14-25(31-3)26(32-4)16-24(20)30-2/h6-14,16,22,27H,5,15H2,1-4H3/t22-,27+/m1/s1. The van der Waals surface area contributed by atoms with Gasteiger partial charge in [0, 0.05) is 18.1 Å². The lowest BCUT2D eigenvalue weighted by molar-refractivity contribution is -0.0205. The molecule has 0 fully saturated rings. The van der Waals surface area contributed by atoms with Crippen LogP contribution in [0.25, 0.3) is 0 Å². The summed E-state index contributed by atoms with van der Waals surface area (Å²) in [5.41, 5.74) is 3.99. The van der Waals surface area contributed by atoms with Gasteiger partial charge in [0.2, 0.25) is 6.23 Å². The predicted octanol–water partition coefficient (Wildman–Crippen LogP) is 5.35. The van der Waals surface area contributed by atoms with E-state index in [-0.39, 0.29) is 6.04 Å². The minimum absolute atomic E-state index is 0.0364. The number of fused-ring (bicyclic) bond motifs is 3. The lowest BCUT2D eigenvalue weighted by Gasteiger charge is -2.38. The van der Waals surface area contributed by atoms with Crippen LogP contribution in [-0.4, -0.2) is 38.7 Å². The van der Waals surface area contributed by atoms with Gasteiger partial charge in [-0.2, -0.15) is 5.10 Å². The van der Waals surface area contributed by atoms with Crippen LogP contribution in [0.15, 0.2) is 65.8 Å². The van der Waals surface area contributed by atoms with Gasteiger partial charge in [0.1, 0.15) is 17.2 Å². The average Bonchev–Trinajstić information content (AvgIpc) is 3.34. The molecule has 0 unspecified atom stereocenters. The van der Waals surface area contributed by atoms with E-state index in [1.165, 1.54) is 0 Å². The number of methoxy groups -OCH3 is 3. The van der Waals surface area contributed by atoms with Gasteiger partial charge in [0.15, 0.2) is 11.5 Å². The second-order valence-corrected chi connectivity index (χ2v) is 8.06. The third-order valence-corrected chi connectivity index (χ3v) is 6.20. The molecular formula is C27H28N2O5. The number of ether oxygens (including phenoxy) is 5. The second kappa shape index (κ2) is 9.17. The zero-order chi connectivity index (χ0) is 23.7. The molecule has 0 saturated heterocycles. The molecule has 7 heteroatoms. The minimum Gasteiger partial charge on any atom is -0.496 e. The van der Waals surface area contributed by atoms with Gasteiger partial charge in [0.25, 0.3) is 0 Å². The van der Waals surface area contributed by atoms with Crippen LogP contribution >= 0.6 is 0 Å². The fraction of sp³-hybridized carbons (Fsp3) is 0.296. The van der Waals surface area contributed by atoms with Crippen molar-refractivity contribution >= 4 is 5.71 Å². The smallest absolute Gasteiger partial charge is 0.217 e. The van der Waals surface area contributed by atoms with E-state index in [0.717, 1.165) is 40.3 Å². The summed E-state index contributed by atoms with van der Waals surface area (Å²) in [4.78, 5) is 0. The van der Waals surface area contributed by atoms with Crippen LogP contribution in [0.1, 0.15) is 42.3 Å². The molecule has 0 N–H and O–H groups in total. The van der Waals surface area contributed by atoms with Gasteiger partial charge >= 0.3 is 0 Å². The molecule has 0 spiro atoms. The van der Waals surface area contributed by atoms with Crippen molar-refractivity contribution in [2.75, 3.05) is 27.9 Å². The van der Waals surface area contributed by atoms with Crippen LogP contribution in [0, 0.1) is 0 Å². The van der Waals surface area contributed by atoms with Crippen LogP contribution in [0.5, 0.6) is 28.7 Å². The topological polar surface area (TPSA) is 61.8 Å². The number of hydrogen-bond donors (Lipinski definition) is 0. The maximum atomic E-state index is 6.51. The van der Waals surface area contributed by atoms with E-state index in [1.54, 1.807) is 21.3 Å². The van der Waals surface area contributed by atoms with E-state index in [4.69, 9.17) is 28.8 Å². The molecule has 0 aromatic heterocycles. The van der Waals surface area contributed by atoms with Crippen molar-refractivity contribution in [1.82, 2.24) is 5.01 Å². The lowest BCUT2D eigenvalue weighted by Crippen LogP contribution is -2.34. The van der Waals surface area contributed by atoms with Crippen molar-refractivity contribution in [2.24, 2.45) is 5.10 Å². The first-order chi connectivity index (χ1) is 16.7. The highest BCUT2D eigenvalue weighted by atomic mass is 16.5. The fourth-order valence-corrected chi connectivity index (χ4v) is 4.57. The molecule has 0 bridgehead atoms. The summed E-state index contributed by atoms with van der Waals surface area (Å²) in [6.07, 6.45) is 0.273. The SMILES string of the molecule is CCOc1ccc(C2=NN3[C@H](C2)c2ccccc2O[C@H]3c2cc(OC)c(OC)cc2OC)cc1. The van der Waals surface area contributed by atoms with Crippen LogP contribution < -0.4 is 23.7 Å². The summed E-state index contributed by atoms with van der Waals surface area (Å²) in [6, 6.07) is 20.0. The van der Waals surface area contributed by atoms with Crippen molar-refractivity contribution in [3.8, 4) is 28.7 Å². The van der Waals surface area contributed by atoms with Gasteiger partial charge in [-0.15, -0.1) is 0 Å². The van der Waals surface area contributed by atoms with E-state index < -0.39 is 6.23 Å². The summed E-state index contributed by atoms with van der Waals surface area (Å²) in [5, 5.41) is 7.07. The average molecular weight is 461 g/mol. The third kappa shape index (κ3) is 3.77. The molecule has 176 valence electrons. The lowest BCUT2D eigenvalue weighted by atomic mass is 9.95. The van der Waals surface area contributed by atoms with Gasteiger partial charge in [-0.05, 0) is 48.9 Å². The largest absolute Gasteiger partial charge is 0.496 e. The third-order valence-electron chi connectivity index (χ3n) is 6.20. The van der Waals surface area contributed by atoms with Crippen LogP contribution in [0.4, 0.5) is 0 Å². The molecule has 2 heterocycles. The van der Waals surface area contributed by atoms with E-state index in [2.05, 4.69) is 18.2 Å². The molecular weight excluding hydrogens is 432 g/mol. The molecule has 2 atom stereocenters. The van der Waals surface area contributed by atoms with Crippen LogP contribution in [0.2, 0.25) is 0 Å². The number of hydrazone groups is 1. The summed E-state index contributed by atoms with van der Waals surface area (Å²) in [5.74, 6) is 3.53. The predicted molar refractivity (Wildman–Crippen MR) is 129 cm³/mol. The van der Waals surface area contributed by atoms with Crippen molar-refractivity contribution in [2.45, 2.75) is 25.6 Å². The van der Waals surface area contributed by atoms with Crippen LogP contribution in [0.3, 0.4) is 0 Å². The van der Waals surface area contributed by atoms with Crippen molar-refractivity contribution in [1.29, 1.82) is 0 Å².